The zero-order valence-corrected chi connectivity index (χ0v) is 12.0. The van der Waals surface area contributed by atoms with Crippen LogP contribution >= 0.6 is 15.9 Å². The SMILES string of the molecule is COc1cc([C@H](N)C2CCNCC2)cc(Br)c1O. The van der Waals surface area contributed by atoms with Gasteiger partial charge in [-0.2, -0.15) is 0 Å². The van der Waals surface area contributed by atoms with Gasteiger partial charge < -0.3 is 20.9 Å². The van der Waals surface area contributed by atoms with Gasteiger partial charge in [-0.3, -0.25) is 0 Å². The molecule has 1 aromatic rings. The van der Waals surface area contributed by atoms with Crippen molar-refractivity contribution in [2.24, 2.45) is 11.7 Å². The maximum absolute atomic E-state index is 9.79. The zero-order valence-electron chi connectivity index (χ0n) is 10.4. The zero-order chi connectivity index (χ0) is 13.1. The van der Waals surface area contributed by atoms with Crippen LogP contribution in [0.4, 0.5) is 0 Å². The van der Waals surface area contributed by atoms with Crippen molar-refractivity contribution < 1.29 is 9.84 Å². The predicted molar refractivity (Wildman–Crippen MR) is 74.9 cm³/mol. The molecular formula is C13H19BrN2O2. The molecule has 0 spiro atoms. The van der Waals surface area contributed by atoms with Crippen LogP contribution in [0.25, 0.3) is 0 Å². The number of benzene rings is 1. The van der Waals surface area contributed by atoms with Crippen molar-refractivity contribution in [2.75, 3.05) is 20.2 Å². The van der Waals surface area contributed by atoms with Gasteiger partial charge in [-0.1, -0.05) is 0 Å². The summed E-state index contributed by atoms with van der Waals surface area (Å²) in [6, 6.07) is 3.69. The maximum Gasteiger partial charge on any atom is 0.172 e. The summed E-state index contributed by atoms with van der Waals surface area (Å²) in [5.41, 5.74) is 7.33. The van der Waals surface area contributed by atoms with E-state index in [-0.39, 0.29) is 11.8 Å². The monoisotopic (exact) mass is 314 g/mol. The molecule has 1 aromatic carbocycles. The molecule has 1 atom stereocenters. The number of aromatic hydroxyl groups is 1. The summed E-state index contributed by atoms with van der Waals surface area (Å²) in [5.74, 6) is 1.06. The number of nitrogens with two attached hydrogens (primary N) is 1. The summed E-state index contributed by atoms with van der Waals surface area (Å²) in [6.45, 7) is 2.05. The largest absolute Gasteiger partial charge is 0.503 e. The lowest BCUT2D eigenvalue weighted by molar-refractivity contribution is 0.320. The van der Waals surface area contributed by atoms with E-state index < -0.39 is 0 Å². The number of ether oxygens (including phenoxy) is 1. The average Bonchev–Trinajstić information content (AvgIpc) is 2.42. The molecule has 2 rings (SSSR count). The number of nitrogens with one attached hydrogen (secondary N) is 1. The normalized spacial score (nSPS) is 18.6. The van der Waals surface area contributed by atoms with Gasteiger partial charge >= 0.3 is 0 Å². The van der Waals surface area contributed by atoms with E-state index in [0.717, 1.165) is 31.5 Å². The Labute approximate surface area is 116 Å². The van der Waals surface area contributed by atoms with E-state index >= 15 is 0 Å². The fourth-order valence-electron chi connectivity index (χ4n) is 2.42. The van der Waals surface area contributed by atoms with Gasteiger partial charge in [-0.05, 0) is 65.5 Å². The lowest BCUT2D eigenvalue weighted by Crippen LogP contribution is -2.33. The second-order valence-electron chi connectivity index (χ2n) is 4.67. The van der Waals surface area contributed by atoms with Gasteiger partial charge in [-0.15, -0.1) is 0 Å². The first-order valence-corrected chi connectivity index (χ1v) is 6.95. The van der Waals surface area contributed by atoms with Crippen molar-refractivity contribution in [3.05, 3.63) is 22.2 Å². The highest BCUT2D eigenvalue weighted by molar-refractivity contribution is 9.10. The number of hydrogen-bond acceptors (Lipinski definition) is 4. The van der Waals surface area contributed by atoms with Gasteiger partial charge in [0.05, 0.1) is 11.6 Å². The van der Waals surface area contributed by atoms with Crippen molar-refractivity contribution in [2.45, 2.75) is 18.9 Å². The first-order chi connectivity index (χ1) is 8.63. The Morgan fingerprint density at radius 3 is 2.72 bits per heavy atom. The second kappa shape index (κ2) is 5.91. The van der Waals surface area contributed by atoms with Crippen molar-refractivity contribution in [1.82, 2.24) is 5.32 Å². The molecule has 0 aliphatic carbocycles. The van der Waals surface area contributed by atoms with Crippen molar-refractivity contribution in [3.8, 4) is 11.5 Å². The fourth-order valence-corrected chi connectivity index (χ4v) is 2.88. The molecule has 4 N–H and O–H groups in total. The van der Waals surface area contributed by atoms with Crippen molar-refractivity contribution >= 4 is 15.9 Å². The van der Waals surface area contributed by atoms with Crippen LogP contribution in [0.1, 0.15) is 24.4 Å². The fraction of sp³-hybridized carbons (Fsp3) is 0.538. The van der Waals surface area contributed by atoms with E-state index in [0.29, 0.717) is 16.1 Å². The third-order valence-corrected chi connectivity index (χ3v) is 4.15. The maximum atomic E-state index is 9.79. The molecule has 5 heteroatoms. The van der Waals surface area contributed by atoms with Gasteiger partial charge in [0, 0.05) is 6.04 Å². The highest BCUT2D eigenvalue weighted by Crippen LogP contribution is 2.38. The molecule has 18 heavy (non-hydrogen) atoms. The Kier molecular flexibility index (Phi) is 4.48. The highest BCUT2D eigenvalue weighted by Gasteiger charge is 2.23. The molecule has 1 aliphatic rings. The Hall–Kier alpha value is -0.780. The quantitative estimate of drug-likeness (QED) is 0.800. The van der Waals surface area contributed by atoms with Crippen LogP contribution in [0.2, 0.25) is 0 Å². The highest BCUT2D eigenvalue weighted by atomic mass is 79.9. The summed E-state index contributed by atoms with van der Waals surface area (Å²) in [5, 5.41) is 13.1. The minimum Gasteiger partial charge on any atom is -0.503 e. The Morgan fingerprint density at radius 1 is 1.44 bits per heavy atom. The number of hydrogen-bond donors (Lipinski definition) is 3. The summed E-state index contributed by atoms with van der Waals surface area (Å²) < 4.78 is 5.78. The van der Waals surface area contributed by atoms with E-state index in [1.54, 1.807) is 7.11 Å². The van der Waals surface area contributed by atoms with Crippen LogP contribution in [-0.2, 0) is 0 Å². The molecule has 0 unspecified atom stereocenters. The molecule has 100 valence electrons. The number of halogens is 1. The minimum atomic E-state index is -0.0158. The van der Waals surface area contributed by atoms with E-state index in [1.165, 1.54) is 0 Å². The molecular weight excluding hydrogens is 296 g/mol. The van der Waals surface area contributed by atoms with Crippen LogP contribution < -0.4 is 15.8 Å². The van der Waals surface area contributed by atoms with Gasteiger partial charge in [0.2, 0.25) is 0 Å². The molecule has 4 nitrogen and oxygen atoms in total. The first-order valence-electron chi connectivity index (χ1n) is 6.16. The lowest BCUT2D eigenvalue weighted by Gasteiger charge is -2.28. The number of phenols is 1. The van der Waals surface area contributed by atoms with Gasteiger partial charge in [-0.25, -0.2) is 0 Å². The molecule has 0 aromatic heterocycles. The lowest BCUT2D eigenvalue weighted by atomic mass is 9.86. The molecule has 1 saturated heterocycles. The summed E-state index contributed by atoms with van der Waals surface area (Å²) >= 11 is 3.33. The number of rotatable bonds is 3. The van der Waals surface area contributed by atoms with Crippen LogP contribution in [0.15, 0.2) is 16.6 Å². The second-order valence-corrected chi connectivity index (χ2v) is 5.52. The van der Waals surface area contributed by atoms with E-state index in [1.807, 2.05) is 12.1 Å². The molecule has 0 saturated carbocycles. The first kappa shape index (κ1) is 13.6. The Bertz CT molecular complexity index is 420. The number of methoxy groups -OCH3 is 1. The molecule has 1 aliphatic heterocycles. The number of piperidine rings is 1. The molecule has 1 heterocycles. The summed E-state index contributed by atoms with van der Waals surface area (Å²) in [4.78, 5) is 0. The van der Waals surface area contributed by atoms with Crippen LogP contribution in [-0.4, -0.2) is 25.3 Å². The smallest absolute Gasteiger partial charge is 0.172 e. The van der Waals surface area contributed by atoms with E-state index in [4.69, 9.17) is 10.5 Å². The molecule has 0 amide bonds. The van der Waals surface area contributed by atoms with E-state index in [2.05, 4.69) is 21.2 Å². The van der Waals surface area contributed by atoms with Crippen molar-refractivity contribution in [3.63, 3.8) is 0 Å². The predicted octanol–water partition coefficient (Wildman–Crippen LogP) is 2.16. The molecule has 0 bridgehead atoms. The van der Waals surface area contributed by atoms with Crippen LogP contribution in [0, 0.1) is 5.92 Å². The van der Waals surface area contributed by atoms with Crippen LogP contribution in [0.5, 0.6) is 11.5 Å². The van der Waals surface area contributed by atoms with Crippen LogP contribution in [0.3, 0.4) is 0 Å². The van der Waals surface area contributed by atoms with Gasteiger partial charge in [0.1, 0.15) is 0 Å². The molecule has 1 fully saturated rings. The van der Waals surface area contributed by atoms with E-state index in [9.17, 15) is 5.11 Å². The third-order valence-electron chi connectivity index (χ3n) is 3.55. The molecule has 0 radical (unpaired) electrons. The van der Waals surface area contributed by atoms with Gasteiger partial charge in [0.25, 0.3) is 0 Å². The average molecular weight is 315 g/mol. The Morgan fingerprint density at radius 2 is 2.11 bits per heavy atom. The Balaban J connectivity index is 2.23. The topological polar surface area (TPSA) is 67.5 Å². The number of phenolic OH excluding ortho intramolecular Hbond substituents is 1. The minimum absolute atomic E-state index is 0.0158. The van der Waals surface area contributed by atoms with Gasteiger partial charge in [0.15, 0.2) is 11.5 Å². The third kappa shape index (κ3) is 2.79. The summed E-state index contributed by atoms with van der Waals surface area (Å²) in [6.07, 6.45) is 2.17. The summed E-state index contributed by atoms with van der Waals surface area (Å²) in [7, 11) is 1.54. The standard InChI is InChI=1S/C13H19BrN2O2/c1-18-11-7-9(6-10(14)13(11)17)12(15)8-2-4-16-5-3-8/h6-8,12,16-17H,2-5,15H2,1H3/t12-/m1/s1. The van der Waals surface area contributed by atoms with Crippen molar-refractivity contribution in [1.29, 1.82) is 0 Å².